The first-order chi connectivity index (χ1) is 13.3. The van der Waals surface area contributed by atoms with Crippen LogP contribution < -0.4 is 0 Å². The molecule has 144 valence electrons. The van der Waals surface area contributed by atoms with Gasteiger partial charge in [-0.1, -0.05) is 30.3 Å². The van der Waals surface area contributed by atoms with E-state index in [1.54, 1.807) is 0 Å². The summed E-state index contributed by atoms with van der Waals surface area (Å²) in [4.78, 5) is 20.1. The van der Waals surface area contributed by atoms with E-state index in [4.69, 9.17) is 4.74 Å². The number of hydrogen-bond donors (Lipinski definition) is 0. The minimum Gasteiger partial charge on any atom is -0.381 e. The Bertz CT molecular complexity index is 740. The molecule has 4 nitrogen and oxygen atoms in total. The van der Waals surface area contributed by atoms with E-state index in [0.29, 0.717) is 5.91 Å². The maximum absolute atomic E-state index is 12.8. The maximum atomic E-state index is 12.8. The number of carbonyl (C=O) groups excluding carboxylic acids is 1. The quantitative estimate of drug-likeness (QED) is 0.802. The van der Waals surface area contributed by atoms with Crippen molar-refractivity contribution >= 4 is 17.2 Å². The fraction of sp³-hybridized carbons (Fsp3) is 0.500. The lowest BCUT2D eigenvalue weighted by Crippen LogP contribution is -2.40. The van der Waals surface area contributed by atoms with Crippen LogP contribution in [-0.2, 0) is 16.1 Å². The van der Waals surface area contributed by atoms with Gasteiger partial charge >= 0.3 is 0 Å². The summed E-state index contributed by atoms with van der Waals surface area (Å²) in [6.45, 7) is 6.23. The van der Waals surface area contributed by atoms with Gasteiger partial charge in [-0.3, -0.25) is 9.69 Å². The van der Waals surface area contributed by atoms with Crippen LogP contribution in [0.5, 0.6) is 0 Å². The molecule has 0 unspecified atom stereocenters. The smallest absolute Gasteiger partial charge is 0.225 e. The predicted molar refractivity (Wildman–Crippen MR) is 110 cm³/mol. The number of thiophene rings is 1. The Hall–Kier alpha value is -1.69. The predicted octanol–water partition coefficient (Wildman–Crippen LogP) is 3.88. The van der Waals surface area contributed by atoms with Crippen molar-refractivity contribution in [1.29, 1.82) is 0 Å². The van der Waals surface area contributed by atoms with Crippen LogP contribution in [0.3, 0.4) is 0 Å². The zero-order chi connectivity index (χ0) is 18.5. The minimum atomic E-state index is 0.177. The molecule has 0 atom stereocenters. The molecule has 0 bridgehead atoms. The van der Waals surface area contributed by atoms with E-state index in [1.807, 2.05) is 11.3 Å². The SMILES string of the molecule is O=C(C1CCOCC1)N1CCCN(Cc2ccc(-c3ccccc3)s2)CC1. The van der Waals surface area contributed by atoms with Crippen LogP contribution >= 0.6 is 11.3 Å². The van der Waals surface area contributed by atoms with Gasteiger partial charge in [0, 0.05) is 61.6 Å². The fourth-order valence-corrected chi connectivity index (χ4v) is 5.05. The molecule has 2 aromatic rings. The number of hydrogen-bond acceptors (Lipinski definition) is 4. The summed E-state index contributed by atoms with van der Waals surface area (Å²) < 4.78 is 5.40. The highest BCUT2D eigenvalue weighted by molar-refractivity contribution is 7.15. The molecule has 0 aliphatic carbocycles. The normalized spacial score (nSPS) is 19.8. The monoisotopic (exact) mass is 384 g/mol. The van der Waals surface area contributed by atoms with E-state index in [2.05, 4.69) is 52.3 Å². The summed E-state index contributed by atoms with van der Waals surface area (Å²) in [5.41, 5.74) is 1.29. The van der Waals surface area contributed by atoms with Gasteiger partial charge in [-0.2, -0.15) is 0 Å². The van der Waals surface area contributed by atoms with Crippen molar-refractivity contribution in [2.24, 2.45) is 5.92 Å². The molecule has 2 saturated heterocycles. The van der Waals surface area contributed by atoms with Crippen molar-refractivity contribution in [3.8, 4) is 10.4 Å². The Balaban J connectivity index is 1.32. The molecule has 2 fully saturated rings. The second-order valence-electron chi connectivity index (χ2n) is 7.47. The maximum Gasteiger partial charge on any atom is 0.225 e. The molecule has 5 heteroatoms. The van der Waals surface area contributed by atoms with E-state index >= 15 is 0 Å². The van der Waals surface area contributed by atoms with Crippen LogP contribution in [0.4, 0.5) is 0 Å². The molecule has 27 heavy (non-hydrogen) atoms. The first-order valence-electron chi connectivity index (χ1n) is 10.0. The van der Waals surface area contributed by atoms with Gasteiger partial charge in [-0.15, -0.1) is 11.3 Å². The molecule has 2 aliphatic rings. The van der Waals surface area contributed by atoms with Crippen molar-refractivity contribution in [3.05, 3.63) is 47.3 Å². The fourth-order valence-electron chi connectivity index (χ4n) is 3.99. The number of ether oxygens (including phenoxy) is 1. The van der Waals surface area contributed by atoms with Crippen molar-refractivity contribution in [3.63, 3.8) is 0 Å². The van der Waals surface area contributed by atoms with Crippen LogP contribution in [0.25, 0.3) is 10.4 Å². The minimum absolute atomic E-state index is 0.177. The van der Waals surface area contributed by atoms with Crippen molar-refractivity contribution in [1.82, 2.24) is 9.80 Å². The molecule has 0 N–H and O–H groups in total. The van der Waals surface area contributed by atoms with Gasteiger partial charge in [0.2, 0.25) is 5.91 Å². The van der Waals surface area contributed by atoms with Crippen molar-refractivity contribution in [2.75, 3.05) is 39.4 Å². The van der Waals surface area contributed by atoms with Crippen LogP contribution in [-0.4, -0.2) is 55.1 Å². The first kappa shape index (κ1) is 18.7. The third kappa shape index (κ3) is 4.78. The van der Waals surface area contributed by atoms with Crippen LogP contribution in [0.2, 0.25) is 0 Å². The van der Waals surface area contributed by atoms with E-state index < -0.39 is 0 Å². The second-order valence-corrected chi connectivity index (χ2v) is 8.64. The third-order valence-corrected chi connectivity index (χ3v) is 6.69. The molecule has 3 heterocycles. The molecule has 2 aliphatic heterocycles. The summed E-state index contributed by atoms with van der Waals surface area (Å²) in [5, 5.41) is 0. The Kier molecular flexibility index (Phi) is 6.22. The number of nitrogens with zero attached hydrogens (tertiary/aromatic N) is 2. The van der Waals surface area contributed by atoms with E-state index in [0.717, 1.165) is 65.2 Å². The highest BCUT2D eigenvalue weighted by Gasteiger charge is 2.27. The summed E-state index contributed by atoms with van der Waals surface area (Å²) in [6, 6.07) is 15.1. The van der Waals surface area contributed by atoms with E-state index in [1.165, 1.54) is 15.3 Å². The van der Waals surface area contributed by atoms with E-state index in [-0.39, 0.29) is 5.92 Å². The molecule has 1 amide bonds. The number of rotatable bonds is 4. The molecule has 0 saturated carbocycles. The molecule has 0 radical (unpaired) electrons. The molecule has 4 rings (SSSR count). The first-order valence-corrected chi connectivity index (χ1v) is 10.8. The highest BCUT2D eigenvalue weighted by atomic mass is 32.1. The Morgan fingerprint density at radius 1 is 1.00 bits per heavy atom. The van der Waals surface area contributed by atoms with Crippen LogP contribution in [0, 0.1) is 5.92 Å². The summed E-state index contributed by atoms with van der Waals surface area (Å²) in [5.74, 6) is 0.527. The standard InChI is InChI=1S/C22H28N2O2S/c25-22(19-9-15-26-16-10-19)24-12-4-11-23(13-14-24)17-20-7-8-21(27-20)18-5-2-1-3-6-18/h1-3,5-8,19H,4,9-17H2. The molecular weight excluding hydrogens is 356 g/mol. The van der Waals surface area contributed by atoms with Gasteiger partial charge in [0.25, 0.3) is 0 Å². The third-order valence-electron chi connectivity index (χ3n) is 5.57. The topological polar surface area (TPSA) is 32.8 Å². The van der Waals surface area contributed by atoms with E-state index in [9.17, 15) is 4.79 Å². The Labute approximate surface area is 165 Å². The van der Waals surface area contributed by atoms with Crippen LogP contribution in [0.1, 0.15) is 24.1 Å². The summed E-state index contributed by atoms with van der Waals surface area (Å²) in [7, 11) is 0. The van der Waals surface area contributed by atoms with Gasteiger partial charge in [0.1, 0.15) is 0 Å². The lowest BCUT2D eigenvalue weighted by molar-refractivity contribution is -0.138. The van der Waals surface area contributed by atoms with Gasteiger partial charge < -0.3 is 9.64 Å². The average molecular weight is 385 g/mol. The van der Waals surface area contributed by atoms with Crippen LogP contribution in [0.15, 0.2) is 42.5 Å². The Morgan fingerprint density at radius 3 is 2.63 bits per heavy atom. The highest BCUT2D eigenvalue weighted by Crippen LogP contribution is 2.29. The largest absolute Gasteiger partial charge is 0.381 e. The summed E-state index contributed by atoms with van der Waals surface area (Å²) >= 11 is 1.88. The molecular formula is C22H28N2O2S. The molecule has 1 aromatic carbocycles. The molecule has 0 spiro atoms. The van der Waals surface area contributed by atoms with Gasteiger partial charge in [-0.05, 0) is 37.0 Å². The zero-order valence-corrected chi connectivity index (χ0v) is 16.6. The number of amides is 1. The van der Waals surface area contributed by atoms with Gasteiger partial charge in [0.15, 0.2) is 0 Å². The van der Waals surface area contributed by atoms with Gasteiger partial charge in [-0.25, -0.2) is 0 Å². The lowest BCUT2D eigenvalue weighted by Gasteiger charge is -2.28. The van der Waals surface area contributed by atoms with Gasteiger partial charge in [0.05, 0.1) is 0 Å². The average Bonchev–Trinajstić information content (AvgIpc) is 3.07. The second kappa shape index (κ2) is 9.00. The Morgan fingerprint density at radius 2 is 1.81 bits per heavy atom. The van der Waals surface area contributed by atoms with Crippen molar-refractivity contribution < 1.29 is 9.53 Å². The molecule has 1 aromatic heterocycles. The number of benzene rings is 1. The van der Waals surface area contributed by atoms with Crippen molar-refractivity contribution in [2.45, 2.75) is 25.8 Å². The number of carbonyl (C=O) groups is 1. The summed E-state index contributed by atoms with van der Waals surface area (Å²) in [6.07, 6.45) is 2.83. The lowest BCUT2D eigenvalue weighted by atomic mass is 9.98. The zero-order valence-electron chi connectivity index (χ0n) is 15.8.